The second-order valence-electron chi connectivity index (χ2n) is 18.2. The third-order valence-corrected chi connectivity index (χ3v) is 12.4. The predicted octanol–water partition coefficient (Wildman–Crippen LogP) is 17.3. The van der Waals surface area contributed by atoms with Crippen molar-refractivity contribution in [2.45, 2.75) is 284 Å². The van der Waals surface area contributed by atoms with Gasteiger partial charge in [0, 0.05) is 12.8 Å². The summed E-state index contributed by atoms with van der Waals surface area (Å²) in [4.78, 5) is 25.3. The first-order chi connectivity index (χ1) is 28.5. The highest BCUT2D eigenvalue weighted by Crippen LogP contribution is 2.25. The molecule has 5 heteroatoms. The van der Waals surface area contributed by atoms with E-state index in [1.807, 2.05) is 0 Å². The Morgan fingerprint density at radius 3 is 0.845 bits per heavy atom. The van der Waals surface area contributed by atoms with Crippen molar-refractivity contribution in [2.75, 3.05) is 26.4 Å². The van der Waals surface area contributed by atoms with Crippen LogP contribution in [0, 0.1) is 5.41 Å². The molecule has 0 fully saturated rings. The minimum atomic E-state index is -0.532. The van der Waals surface area contributed by atoms with Gasteiger partial charge in [-0.25, -0.2) is 0 Å². The van der Waals surface area contributed by atoms with Crippen molar-refractivity contribution in [3.63, 3.8) is 0 Å². The van der Waals surface area contributed by atoms with Crippen LogP contribution in [0.15, 0.2) is 12.7 Å². The van der Waals surface area contributed by atoms with Crippen LogP contribution in [0.5, 0.6) is 0 Å². The molecule has 0 radical (unpaired) electrons. The molecule has 0 unspecified atom stereocenters. The number of carbonyl (C=O) groups excluding carboxylic acids is 2. The Labute approximate surface area is 363 Å². The van der Waals surface area contributed by atoms with Gasteiger partial charge in [-0.2, -0.15) is 0 Å². The molecule has 0 bridgehead atoms. The Hall–Kier alpha value is -1.36. The van der Waals surface area contributed by atoms with Gasteiger partial charge < -0.3 is 14.2 Å². The Morgan fingerprint density at radius 1 is 0.379 bits per heavy atom. The van der Waals surface area contributed by atoms with E-state index in [1.165, 1.54) is 218 Å². The highest BCUT2D eigenvalue weighted by Gasteiger charge is 2.32. The summed E-state index contributed by atoms with van der Waals surface area (Å²) in [6.45, 7) is 11.6. The minimum absolute atomic E-state index is 0.158. The van der Waals surface area contributed by atoms with Crippen molar-refractivity contribution >= 4 is 11.9 Å². The normalized spacial score (nSPS) is 11.6. The van der Waals surface area contributed by atoms with E-state index in [-0.39, 0.29) is 25.2 Å². The number of esters is 2. The van der Waals surface area contributed by atoms with Gasteiger partial charge in [0.05, 0.1) is 18.6 Å². The highest BCUT2D eigenvalue weighted by atomic mass is 16.6. The summed E-state index contributed by atoms with van der Waals surface area (Å²) in [7, 11) is 0. The number of rotatable bonds is 49. The molecule has 0 atom stereocenters. The maximum Gasteiger partial charge on any atom is 0.305 e. The lowest BCUT2D eigenvalue weighted by Crippen LogP contribution is -2.38. The number of hydrogen-bond donors (Lipinski definition) is 0. The first kappa shape index (κ1) is 56.6. The van der Waals surface area contributed by atoms with Gasteiger partial charge in [0.25, 0.3) is 0 Å². The standard InChI is InChI=1S/C53H102O5/c1-5-9-11-13-15-17-19-21-23-25-27-29-31-33-35-37-39-41-43-45-51(54)57-49-53(8-4,48-56-47-7-3)50-58-52(55)46-44-42-40-38-36-34-32-30-28-26-24-22-20-18-16-14-12-10-6-2/h7H,3,5-6,8-50H2,1-2,4H3. The van der Waals surface area contributed by atoms with Crippen LogP contribution in [0.3, 0.4) is 0 Å². The molecule has 0 heterocycles. The monoisotopic (exact) mass is 819 g/mol. The molecule has 0 saturated carbocycles. The molecule has 344 valence electrons. The first-order valence-electron chi connectivity index (χ1n) is 26.0. The summed E-state index contributed by atoms with van der Waals surface area (Å²) in [5.41, 5.74) is -0.532. The number of ether oxygens (including phenoxy) is 3. The molecule has 58 heavy (non-hydrogen) atoms. The van der Waals surface area contributed by atoms with Gasteiger partial charge in [0.15, 0.2) is 0 Å². The van der Waals surface area contributed by atoms with Crippen LogP contribution in [-0.4, -0.2) is 38.4 Å². The molecule has 0 aliphatic rings. The van der Waals surface area contributed by atoms with Crippen LogP contribution in [0.1, 0.15) is 284 Å². The van der Waals surface area contributed by atoms with E-state index in [2.05, 4.69) is 27.4 Å². The third-order valence-electron chi connectivity index (χ3n) is 12.4. The topological polar surface area (TPSA) is 61.8 Å². The Balaban J connectivity index is 3.89. The second-order valence-corrected chi connectivity index (χ2v) is 18.2. The largest absolute Gasteiger partial charge is 0.465 e. The van der Waals surface area contributed by atoms with E-state index in [4.69, 9.17) is 14.2 Å². The molecule has 0 aromatic heterocycles. The molecule has 0 saturated heterocycles. The molecular weight excluding hydrogens is 717 g/mol. The van der Waals surface area contributed by atoms with Crippen LogP contribution >= 0.6 is 0 Å². The van der Waals surface area contributed by atoms with E-state index in [1.54, 1.807) is 6.08 Å². The van der Waals surface area contributed by atoms with Gasteiger partial charge in [-0.3, -0.25) is 9.59 Å². The second kappa shape index (κ2) is 46.7. The van der Waals surface area contributed by atoms with Crippen molar-refractivity contribution in [1.29, 1.82) is 0 Å². The van der Waals surface area contributed by atoms with Gasteiger partial charge in [-0.1, -0.05) is 258 Å². The molecule has 0 amide bonds. The fourth-order valence-corrected chi connectivity index (χ4v) is 8.10. The molecular formula is C53H102O5. The summed E-state index contributed by atoms with van der Waals surface area (Å²) >= 11 is 0. The third kappa shape index (κ3) is 41.4. The van der Waals surface area contributed by atoms with Crippen molar-refractivity contribution < 1.29 is 23.8 Å². The molecule has 0 aromatic carbocycles. The zero-order chi connectivity index (χ0) is 42.3. The van der Waals surface area contributed by atoms with Gasteiger partial charge in [0.1, 0.15) is 13.2 Å². The van der Waals surface area contributed by atoms with Crippen molar-refractivity contribution in [3.8, 4) is 0 Å². The highest BCUT2D eigenvalue weighted by molar-refractivity contribution is 5.69. The zero-order valence-electron chi connectivity index (χ0n) is 39.6. The Morgan fingerprint density at radius 2 is 0.621 bits per heavy atom. The lowest BCUT2D eigenvalue weighted by molar-refractivity contribution is -0.157. The lowest BCUT2D eigenvalue weighted by Gasteiger charge is -2.31. The minimum Gasteiger partial charge on any atom is -0.465 e. The van der Waals surface area contributed by atoms with E-state index in [9.17, 15) is 9.59 Å². The summed E-state index contributed by atoms with van der Waals surface area (Å²) in [6, 6.07) is 0. The lowest BCUT2D eigenvalue weighted by atomic mass is 9.88. The molecule has 0 aliphatic carbocycles. The molecule has 0 rings (SSSR count). The molecule has 0 aromatic rings. The maximum atomic E-state index is 12.7. The Bertz CT molecular complexity index is 798. The molecule has 0 aliphatic heterocycles. The smallest absolute Gasteiger partial charge is 0.305 e. The van der Waals surface area contributed by atoms with Gasteiger partial charge in [0.2, 0.25) is 0 Å². The zero-order valence-corrected chi connectivity index (χ0v) is 39.6. The SMILES string of the molecule is C=CCOCC(CC)(COC(=O)CCCCCCCCCCCCCCCCCCCCC)COC(=O)CCCCCCCCCCCCCCCCCCCCC. The fraction of sp³-hybridized carbons (Fsp3) is 0.925. The Kier molecular flexibility index (Phi) is 45.6. The predicted molar refractivity (Wildman–Crippen MR) is 252 cm³/mol. The van der Waals surface area contributed by atoms with Gasteiger partial charge in [-0.05, 0) is 19.3 Å². The van der Waals surface area contributed by atoms with E-state index in [0.29, 0.717) is 32.5 Å². The van der Waals surface area contributed by atoms with Crippen molar-refractivity contribution in [2.24, 2.45) is 5.41 Å². The van der Waals surface area contributed by atoms with E-state index in [0.717, 1.165) is 25.7 Å². The van der Waals surface area contributed by atoms with Gasteiger partial charge in [-0.15, -0.1) is 6.58 Å². The molecule has 0 spiro atoms. The van der Waals surface area contributed by atoms with E-state index >= 15 is 0 Å². The van der Waals surface area contributed by atoms with E-state index < -0.39 is 5.41 Å². The summed E-state index contributed by atoms with van der Waals surface area (Å²) in [6.07, 6.45) is 54.2. The summed E-state index contributed by atoms with van der Waals surface area (Å²) in [5, 5.41) is 0. The van der Waals surface area contributed by atoms with Crippen LogP contribution in [-0.2, 0) is 23.8 Å². The first-order valence-corrected chi connectivity index (χ1v) is 26.0. The maximum absolute atomic E-state index is 12.7. The van der Waals surface area contributed by atoms with Crippen molar-refractivity contribution in [1.82, 2.24) is 0 Å². The van der Waals surface area contributed by atoms with Gasteiger partial charge >= 0.3 is 11.9 Å². The quantitative estimate of drug-likeness (QED) is 0.0348. The summed E-state index contributed by atoms with van der Waals surface area (Å²) in [5.74, 6) is -0.317. The molecule has 5 nitrogen and oxygen atoms in total. The molecule has 0 N–H and O–H groups in total. The van der Waals surface area contributed by atoms with Crippen LogP contribution in [0.4, 0.5) is 0 Å². The van der Waals surface area contributed by atoms with Crippen LogP contribution in [0.25, 0.3) is 0 Å². The fourth-order valence-electron chi connectivity index (χ4n) is 8.10. The number of unbranched alkanes of at least 4 members (excludes halogenated alkanes) is 36. The average Bonchev–Trinajstić information content (AvgIpc) is 3.23. The number of hydrogen-bond acceptors (Lipinski definition) is 5. The number of carbonyl (C=O) groups is 2. The van der Waals surface area contributed by atoms with Crippen molar-refractivity contribution in [3.05, 3.63) is 12.7 Å². The summed E-state index contributed by atoms with van der Waals surface area (Å²) < 4.78 is 17.3. The van der Waals surface area contributed by atoms with Crippen LogP contribution in [0.2, 0.25) is 0 Å². The van der Waals surface area contributed by atoms with Crippen LogP contribution < -0.4 is 0 Å². The average molecular weight is 819 g/mol.